The first-order valence-corrected chi connectivity index (χ1v) is 10.2. The summed E-state index contributed by atoms with van der Waals surface area (Å²) in [6.45, 7) is 6.40. The van der Waals surface area contributed by atoms with E-state index in [1.54, 1.807) is 0 Å². The Morgan fingerprint density at radius 1 is 0.931 bits per heavy atom. The Morgan fingerprint density at radius 3 is 2.28 bits per heavy atom. The minimum atomic E-state index is 0. The van der Waals surface area contributed by atoms with Gasteiger partial charge in [0.25, 0.3) is 0 Å². The third-order valence-electron chi connectivity index (χ3n) is 5.75. The molecule has 2 aromatic carbocycles. The van der Waals surface area contributed by atoms with Crippen LogP contribution in [0.2, 0.25) is 0 Å². The van der Waals surface area contributed by atoms with Crippen LogP contribution in [0.15, 0.2) is 67.0 Å². The molecule has 4 nitrogen and oxygen atoms in total. The van der Waals surface area contributed by atoms with Gasteiger partial charge in [-0.3, -0.25) is 4.90 Å². The molecule has 2 heterocycles. The lowest BCUT2D eigenvalue weighted by Crippen LogP contribution is -2.43. The van der Waals surface area contributed by atoms with Gasteiger partial charge < -0.3 is 4.90 Å². The molecular formula is C24H31ClN4. The second-order valence-electron chi connectivity index (χ2n) is 8.05. The number of nitrogens with zero attached hydrogens (tertiary/aromatic N) is 4. The summed E-state index contributed by atoms with van der Waals surface area (Å²) in [5.41, 5.74) is 5.04. The predicted octanol–water partition coefficient (Wildman–Crippen LogP) is 4.70. The van der Waals surface area contributed by atoms with Crippen LogP contribution in [-0.2, 0) is 13.1 Å². The summed E-state index contributed by atoms with van der Waals surface area (Å²) in [6.07, 6.45) is 6.66. The Morgan fingerprint density at radius 2 is 1.59 bits per heavy atom. The zero-order valence-electron chi connectivity index (χ0n) is 17.4. The van der Waals surface area contributed by atoms with Gasteiger partial charge >= 0.3 is 0 Å². The number of hydrogen-bond donors (Lipinski definition) is 0. The minimum absolute atomic E-state index is 0. The van der Waals surface area contributed by atoms with Crippen molar-refractivity contribution in [2.24, 2.45) is 0 Å². The van der Waals surface area contributed by atoms with E-state index in [0.717, 1.165) is 18.8 Å². The molecule has 1 aromatic heterocycles. The quantitative estimate of drug-likeness (QED) is 0.588. The van der Waals surface area contributed by atoms with Gasteiger partial charge in [0.2, 0.25) is 0 Å². The lowest BCUT2D eigenvalue weighted by atomic mass is 10.0. The van der Waals surface area contributed by atoms with Crippen molar-refractivity contribution in [2.45, 2.75) is 38.9 Å². The first-order valence-electron chi connectivity index (χ1n) is 10.2. The molecule has 3 aromatic rings. The van der Waals surface area contributed by atoms with Crippen molar-refractivity contribution >= 4 is 12.4 Å². The van der Waals surface area contributed by atoms with E-state index in [2.05, 4.69) is 89.7 Å². The number of rotatable bonds is 6. The molecule has 1 aliphatic rings. The SMILES string of the molecule is Cc1ccc(-n2cc(CN(Cc3ccccc3)C3CCN(C)CC3)cn2)cc1.Cl. The molecule has 1 saturated heterocycles. The fourth-order valence-electron chi connectivity index (χ4n) is 4.01. The van der Waals surface area contributed by atoms with E-state index in [9.17, 15) is 0 Å². The zero-order valence-corrected chi connectivity index (χ0v) is 18.2. The van der Waals surface area contributed by atoms with E-state index in [1.165, 1.54) is 42.6 Å². The monoisotopic (exact) mass is 410 g/mol. The highest BCUT2D eigenvalue weighted by Crippen LogP contribution is 2.21. The summed E-state index contributed by atoms with van der Waals surface area (Å²) in [5, 5.41) is 4.62. The van der Waals surface area contributed by atoms with Crippen molar-refractivity contribution < 1.29 is 0 Å². The number of halogens is 1. The molecule has 154 valence electrons. The molecule has 0 amide bonds. The molecule has 5 heteroatoms. The summed E-state index contributed by atoms with van der Waals surface area (Å²) in [7, 11) is 2.23. The van der Waals surface area contributed by atoms with Crippen LogP contribution in [0.25, 0.3) is 5.69 Å². The molecule has 0 N–H and O–H groups in total. The van der Waals surface area contributed by atoms with Gasteiger partial charge in [0.1, 0.15) is 0 Å². The molecule has 0 bridgehead atoms. The van der Waals surface area contributed by atoms with E-state index < -0.39 is 0 Å². The largest absolute Gasteiger partial charge is 0.306 e. The first-order chi connectivity index (χ1) is 13.7. The summed E-state index contributed by atoms with van der Waals surface area (Å²) in [4.78, 5) is 5.07. The Bertz CT molecular complexity index is 867. The van der Waals surface area contributed by atoms with Crippen LogP contribution in [0.1, 0.15) is 29.5 Å². The molecule has 0 spiro atoms. The van der Waals surface area contributed by atoms with Gasteiger partial charge in [0.15, 0.2) is 0 Å². The molecule has 1 aliphatic heterocycles. The molecule has 0 aliphatic carbocycles. The zero-order chi connectivity index (χ0) is 19.3. The smallest absolute Gasteiger partial charge is 0.0645 e. The van der Waals surface area contributed by atoms with Gasteiger partial charge in [-0.2, -0.15) is 5.10 Å². The van der Waals surface area contributed by atoms with Crippen molar-refractivity contribution in [3.8, 4) is 5.69 Å². The van der Waals surface area contributed by atoms with Crippen molar-refractivity contribution in [3.05, 3.63) is 83.7 Å². The Labute approximate surface area is 180 Å². The third kappa shape index (κ3) is 5.69. The van der Waals surface area contributed by atoms with Gasteiger partial charge in [-0.25, -0.2) is 4.68 Å². The average Bonchev–Trinajstić information content (AvgIpc) is 3.18. The van der Waals surface area contributed by atoms with Crippen molar-refractivity contribution in [3.63, 3.8) is 0 Å². The highest BCUT2D eigenvalue weighted by atomic mass is 35.5. The average molecular weight is 411 g/mol. The number of likely N-dealkylation sites (tertiary alicyclic amines) is 1. The maximum absolute atomic E-state index is 4.62. The number of benzene rings is 2. The molecule has 1 fully saturated rings. The van der Waals surface area contributed by atoms with Gasteiger partial charge in [0, 0.05) is 30.9 Å². The van der Waals surface area contributed by atoms with Crippen LogP contribution in [0.3, 0.4) is 0 Å². The maximum atomic E-state index is 4.62. The molecule has 0 unspecified atom stereocenters. The van der Waals surface area contributed by atoms with E-state index in [4.69, 9.17) is 0 Å². The van der Waals surface area contributed by atoms with Gasteiger partial charge in [-0.15, -0.1) is 12.4 Å². The van der Waals surface area contributed by atoms with Crippen LogP contribution in [-0.4, -0.2) is 45.8 Å². The number of aromatic nitrogens is 2. The van der Waals surface area contributed by atoms with Crippen LogP contribution in [0, 0.1) is 6.92 Å². The van der Waals surface area contributed by atoms with Gasteiger partial charge in [-0.1, -0.05) is 48.0 Å². The second kappa shape index (κ2) is 10.1. The minimum Gasteiger partial charge on any atom is -0.306 e. The Hall–Kier alpha value is -2.14. The van der Waals surface area contributed by atoms with Crippen molar-refractivity contribution in [1.82, 2.24) is 19.6 Å². The number of hydrogen-bond acceptors (Lipinski definition) is 3. The third-order valence-corrected chi connectivity index (χ3v) is 5.75. The maximum Gasteiger partial charge on any atom is 0.0645 e. The highest BCUT2D eigenvalue weighted by Gasteiger charge is 2.23. The van der Waals surface area contributed by atoms with Crippen molar-refractivity contribution in [2.75, 3.05) is 20.1 Å². The summed E-state index contributed by atoms with van der Waals surface area (Å²) >= 11 is 0. The molecule has 29 heavy (non-hydrogen) atoms. The summed E-state index contributed by atoms with van der Waals surface area (Å²) < 4.78 is 1.99. The fraction of sp³-hybridized carbons (Fsp3) is 0.375. The predicted molar refractivity (Wildman–Crippen MR) is 122 cm³/mol. The van der Waals surface area contributed by atoms with Crippen LogP contribution < -0.4 is 0 Å². The standard InChI is InChI=1S/C24H30N4.ClH/c1-20-8-10-24(11-9-20)28-19-22(16-25-28)18-27(17-21-6-4-3-5-7-21)23-12-14-26(2)15-13-23;/h3-11,16,19,23H,12-15,17-18H2,1-2H3;1H. The summed E-state index contributed by atoms with van der Waals surface area (Å²) in [5.74, 6) is 0. The molecule has 4 rings (SSSR count). The number of piperidine rings is 1. The lowest BCUT2D eigenvalue weighted by Gasteiger charge is -2.37. The lowest BCUT2D eigenvalue weighted by molar-refractivity contribution is 0.108. The van der Waals surface area contributed by atoms with Crippen LogP contribution >= 0.6 is 12.4 Å². The van der Waals surface area contributed by atoms with E-state index in [0.29, 0.717) is 6.04 Å². The van der Waals surface area contributed by atoms with Gasteiger partial charge in [0.05, 0.1) is 11.9 Å². The normalized spacial score (nSPS) is 15.4. The molecular weight excluding hydrogens is 380 g/mol. The molecule has 0 saturated carbocycles. The molecule has 0 radical (unpaired) electrons. The Kier molecular flexibility index (Phi) is 7.48. The van der Waals surface area contributed by atoms with E-state index in [-0.39, 0.29) is 12.4 Å². The second-order valence-corrected chi connectivity index (χ2v) is 8.05. The molecule has 0 atom stereocenters. The summed E-state index contributed by atoms with van der Waals surface area (Å²) in [6, 6.07) is 20.0. The topological polar surface area (TPSA) is 24.3 Å². The van der Waals surface area contributed by atoms with E-state index >= 15 is 0 Å². The van der Waals surface area contributed by atoms with E-state index in [1.807, 2.05) is 10.9 Å². The van der Waals surface area contributed by atoms with Crippen LogP contribution in [0.5, 0.6) is 0 Å². The fourth-order valence-corrected chi connectivity index (χ4v) is 4.01. The Balaban J connectivity index is 0.00000240. The number of aryl methyl sites for hydroxylation is 1. The highest BCUT2D eigenvalue weighted by molar-refractivity contribution is 5.85. The van der Waals surface area contributed by atoms with Crippen molar-refractivity contribution in [1.29, 1.82) is 0 Å². The first kappa shape index (κ1) is 21.6. The van der Waals surface area contributed by atoms with Crippen LogP contribution in [0.4, 0.5) is 0 Å². The van der Waals surface area contributed by atoms with Gasteiger partial charge in [-0.05, 0) is 57.6 Å².